The molecule has 4 aliphatic rings. The molecule has 3 aliphatic heterocycles. The van der Waals surface area contributed by atoms with Crippen molar-refractivity contribution in [2.45, 2.75) is 50.5 Å². The molecule has 1 aromatic heterocycles. The number of anilines is 2. The summed E-state index contributed by atoms with van der Waals surface area (Å²) in [5.41, 5.74) is 5.60. The average Bonchev–Trinajstić information content (AvgIpc) is 2.79. The summed E-state index contributed by atoms with van der Waals surface area (Å²) >= 11 is 0.812. The number of H-pyrrole nitrogens is 1. The number of aromatic nitrogens is 2. The normalized spacial score (nSPS) is 19.3. The van der Waals surface area contributed by atoms with Gasteiger partial charge in [-0.05, 0) is 61.2 Å². The summed E-state index contributed by atoms with van der Waals surface area (Å²) in [6, 6.07) is 44.3. The van der Waals surface area contributed by atoms with Crippen LogP contribution in [0.3, 0.4) is 0 Å². The van der Waals surface area contributed by atoms with Crippen molar-refractivity contribution in [2.75, 3.05) is 45.2 Å². The third-order valence-corrected chi connectivity index (χ3v) is 17.8. The van der Waals surface area contributed by atoms with E-state index in [0.29, 0.717) is 32.4 Å². The van der Waals surface area contributed by atoms with Gasteiger partial charge in [-0.15, -0.1) is 4.33 Å². The van der Waals surface area contributed by atoms with E-state index >= 15 is 0 Å². The van der Waals surface area contributed by atoms with Crippen LogP contribution in [0.25, 0.3) is 39.5 Å². The molecule has 0 spiro atoms. The number of rotatable bonds is 21. The molecule has 9 rings (SSSR count). The Morgan fingerprint density at radius 1 is 0.892 bits per heavy atom. The number of nitrogens with zero attached hydrogens (tertiary/aromatic N) is 4. The Hall–Kier alpha value is -6.51. The zero-order chi connectivity index (χ0) is 59.5. The topological polar surface area (TPSA) is 351 Å². The molecule has 2 saturated heterocycles. The number of aliphatic hydroxyl groups is 1. The highest BCUT2D eigenvalue weighted by Crippen LogP contribution is 2.61. The summed E-state index contributed by atoms with van der Waals surface area (Å²) in [5, 5.41) is 23.5. The molecule has 440 valence electrons. The van der Waals surface area contributed by atoms with Gasteiger partial charge in [-0.25, -0.2) is 23.0 Å². The van der Waals surface area contributed by atoms with Crippen molar-refractivity contribution in [1.82, 2.24) is 23.7 Å². The van der Waals surface area contributed by atoms with E-state index in [9.17, 15) is 52.7 Å². The Morgan fingerprint density at radius 2 is 1.57 bits per heavy atom. The van der Waals surface area contributed by atoms with Crippen LogP contribution in [0.5, 0.6) is 0 Å². The maximum absolute atomic E-state index is 12.4. The number of fused-ring (bicyclic) bond motifs is 2. The fourth-order valence-electron chi connectivity index (χ4n) is 9.33. The molecule has 2 fully saturated rings. The number of amides is 1. The minimum Gasteiger partial charge on any atom is -0.756 e. The summed E-state index contributed by atoms with van der Waals surface area (Å²) in [6.45, 7) is 0.235. The van der Waals surface area contributed by atoms with Crippen molar-refractivity contribution in [2.24, 2.45) is 5.92 Å². The molecule has 0 bridgehead atoms. The molecule has 1 amide bonds. The first-order valence-electron chi connectivity index (χ1n) is 25.7. The lowest BCUT2D eigenvalue weighted by Gasteiger charge is -2.33. The second kappa shape index (κ2) is 27.9. The number of phosphoric acid groups is 3. The number of benzene rings is 5. The zero-order valence-corrected chi connectivity index (χ0v) is 47.9. The summed E-state index contributed by atoms with van der Waals surface area (Å²) < 4.78 is 65.4. The molecule has 5 aromatic rings. The van der Waals surface area contributed by atoms with E-state index in [1.165, 1.54) is 11.1 Å². The van der Waals surface area contributed by atoms with E-state index in [0.717, 1.165) is 79.9 Å². The first-order chi connectivity index (χ1) is 39.6. The van der Waals surface area contributed by atoms with Gasteiger partial charge in [0.2, 0.25) is 17.0 Å². The first-order valence-corrected chi connectivity index (χ1v) is 30.8. The van der Waals surface area contributed by atoms with Gasteiger partial charge < -0.3 is 48.6 Å². The van der Waals surface area contributed by atoms with Gasteiger partial charge in [0.1, 0.15) is 48.7 Å². The maximum Gasteiger partial charge on any atom is 0.330 e. The van der Waals surface area contributed by atoms with Crippen LogP contribution in [0.2, 0.25) is 0 Å². The van der Waals surface area contributed by atoms with E-state index in [2.05, 4.69) is 162 Å². The van der Waals surface area contributed by atoms with Gasteiger partial charge in [-0.1, -0.05) is 66.7 Å². The fourth-order valence-corrected chi connectivity index (χ4v) is 12.7. The molecule has 83 heavy (non-hydrogen) atoms. The Bertz CT molecular complexity index is 3750. The molecule has 25 nitrogen and oxygen atoms in total. The number of carbonyl (C=O) groups is 2. The first kappa shape index (κ1) is 62.5. The third kappa shape index (κ3) is 17.1. The molecule has 0 saturated carbocycles. The smallest absolute Gasteiger partial charge is 0.330 e. The van der Waals surface area contributed by atoms with E-state index in [4.69, 9.17) is 19.3 Å². The molecule has 0 radical (unpaired) electrons. The van der Waals surface area contributed by atoms with Crippen molar-refractivity contribution >= 4 is 81.5 Å². The second-order valence-electron chi connectivity index (χ2n) is 19.0. The van der Waals surface area contributed by atoms with Gasteiger partial charge in [-0.3, -0.25) is 37.6 Å². The molecular formula is C54H57N6O19P3S-2. The van der Waals surface area contributed by atoms with E-state index in [-0.39, 0.29) is 36.7 Å². The van der Waals surface area contributed by atoms with Gasteiger partial charge in [-0.2, -0.15) is 4.58 Å². The van der Waals surface area contributed by atoms with Crippen LogP contribution in [-0.4, -0.2) is 93.3 Å². The quantitative estimate of drug-likeness (QED) is 0.00674. The van der Waals surface area contributed by atoms with Gasteiger partial charge in [0.05, 0.1) is 24.3 Å². The summed E-state index contributed by atoms with van der Waals surface area (Å²) in [4.78, 5) is 95.6. The van der Waals surface area contributed by atoms with E-state index < -0.39 is 65.7 Å². The number of ether oxygens (including phenoxy) is 1. The van der Waals surface area contributed by atoms with Crippen molar-refractivity contribution in [3.05, 3.63) is 171 Å². The van der Waals surface area contributed by atoms with Crippen LogP contribution in [0.1, 0.15) is 43.9 Å². The molecule has 4 unspecified atom stereocenters. The Labute approximate surface area is 478 Å². The number of carbonyl (C=O) groups excluding carboxylic acids is 2. The van der Waals surface area contributed by atoms with Crippen LogP contribution in [-0.2, 0) is 45.5 Å². The number of ketones is 1. The van der Waals surface area contributed by atoms with E-state index in [1.807, 2.05) is 17.1 Å². The molecule has 5 N–H and O–H groups in total. The fraction of sp³-hybridized carbons (Fsp3) is 0.278. The van der Waals surface area contributed by atoms with Gasteiger partial charge in [0, 0.05) is 110 Å². The SMILES string of the molecule is CN(c1ccccc1)c1ccc2c(-c3ccccc3)c3ccc(=[N+](C)c4ccccc4)cc-3oc2c1.O=C(/C=C/c1cn([C@H]2CC(O)[C@@H](COP(=O)([O-])OP(=O)([O-])OP(=O)([O-])O)O2)c(=O)[nH]c1=O)NCCCC(=O)C1CCN(SOO)CC1. The average molecular weight is 1220 g/mol. The Morgan fingerprint density at radius 3 is 2.24 bits per heavy atom. The lowest BCUT2D eigenvalue weighted by atomic mass is 9.91. The summed E-state index contributed by atoms with van der Waals surface area (Å²) in [7, 11) is -13.8. The number of piperidine rings is 1. The predicted octanol–water partition coefficient (Wildman–Crippen LogP) is 5.58. The number of Topliss-reactive ketones (excluding diaryl/α,β-unsaturated/α-hetero) is 1. The number of hydrogen-bond donors (Lipinski definition) is 5. The number of aliphatic hydroxyl groups excluding tert-OH is 1. The van der Waals surface area contributed by atoms with Gasteiger partial charge in [0.15, 0.2) is 0 Å². The van der Waals surface area contributed by atoms with Crippen LogP contribution in [0, 0.1) is 5.92 Å². The molecular weight excluding hydrogens is 1160 g/mol. The van der Waals surface area contributed by atoms with Crippen LogP contribution < -0.4 is 46.1 Å². The minimum absolute atomic E-state index is 0.0559. The van der Waals surface area contributed by atoms with Crippen LogP contribution in [0.4, 0.5) is 17.1 Å². The number of hydrogen-bond acceptors (Lipinski definition) is 21. The minimum atomic E-state index is -6.14. The summed E-state index contributed by atoms with van der Waals surface area (Å²) in [5.74, 6) is 0.184. The highest BCUT2D eigenvalue weighted by molar-refractivity contribution is 7.92. The van der Waals surface area contributed by atoms with Crippen molar-refractivity contribution < 1.29 is 79.9 Å². The predicted molar refractivity (Wildman–Crippen MR) is 301 cm³/mol. The molecule has 4 aromatic carbocycles. The highest BCUT2D eigenvalue weighted by atomic mass is 32.2. The number of aromatic amines is 1. The molecule has 1 aliphatic carbocycles. The van der Waals surface area contributed by atoms with Crippen LogP contribution in [0.15, 0.2) is 154 Å². The Kier molecular flexibility index (Phi) is 21.0. The highest BCUT2D eigenvalue weighted by Gasteiger charge is 2.37. The number of para-hydroxylation sites is 2. The molecule has 4 heterocycles. The van der Waals surface area contributed by atoms with Crippen molar-refractivity contribution in [3.8, 4) is 22.5 Å². The summed E-state index contributed by atoms with van der Waals surface area (Å²) in [6.07, 6.45) is 0.259. The monoisotopic (exact) mass is 1220 g/mol. The largest absolute Gasteiger partial charge is 0.756 e. The second-order valence-corrected chi connectivity index (χ2v) is 24.2. The van der Waals surface area contributed by atoms with Gasteiger partial charge in [0.25, 0.3) is 29.0 Å². The lowest BCUT2D eigenvalue weighted by Crippen LogP contribution is -2.33. The number of phosphoric ester groups is 1. The van der Waals surface area contributed by atoms with Crippen molar-refractivity contribution in [3.63, 3.8) is 0 Å². The lowest BCUT2D eigenvalue weighted by molar-refractivity contribution is -0.250. The van der Waals surface area contributed by atoms with Crippen molar-refractivity contribution in [1.29, 1.82) is 0 Å². The standard InChI is InChI=1S/C33H27N2O.C21H33N4O18P3S/c1-34(25-14-8-4-9-15-25)27-18-20-29-31(22-27)36-32-23-28(35(2)26-16-10-5-11-17-26)19-21-30(32)33(29)24-12-6-3-7-13-24;26-15(13-5-8-24(9-6-13)47-41-31)2-1-7-22-18(28)4-3-14-11-25(21(30)23-20(14)29)19-10-16(27)17(40-19)12-39-45(35,36)43-46(37,38)42-44(32,33)34/h3-23H,1-2H3;3-4,11,13,16-17,19,27,31H,1-2,5-10,12H2,(H,22,28)(H,35,36)(H,37,38)(H,23,29,30)(H2,32,33,34)/q+1;/p-3/b;4-3+/t;16?,17-,19-/m.1/s1. The molecule has 6 atom stereocenters. The number of nitrogens with one attached hydrogen (secondary N) is 2. The maximum atomic E-state index is 12.4. The van der Waals surface area contributed by atoms with E-state index in [1.54, 1.807) is 4.31 Å². The van der Waals surface area contributed by atoms with Crippen LogP contribution >= 0.6 is 35.7 Å². The molecule has 29 heteroatoms. The third-order valence-electron chi connectivity index (χ3n) is 13.5. The Balaban J connectivity index is 0.000000223. The van der Waals surface area contributed by atoms with Gasteiger partial charge >= 0.3 is 5.69 Å². The zero-order valence-electron chi connectivity index (χ0n) is 44.4.